The van der Waals surface area contributed by atoms with Gasteiger partial charge < -0.3 is 15.5 Å². The Morgan fingerprint density at radius 3 is 2.72 bits per heavy atom. The highest BCUT2D eigenvalue weighted by Gasteiger charge is 2.13. The van der Waals surface area contributed by atoms with Crippen molar-refractivity contribution in [3.05, 3.63) is 52.1 Å². The number of nitrogens with two attached hydrogens (primary N) is 1. The lowest BCUT2D eigenvalue weighted by atomic mass is 10.2. The van der Waals surface area contributed by atoms with Crippen LogP contribution in [-0.4, -0.2) is 6.54 Å². The zero-order chi connectivity index (χ0) is 13.1. The third-order valence-corrected chi connectivity index (χ3v) is 3.21. The Labute approximate surface area is 113 Å². The maximum Gasteiger partial charge on any atom is 0.137 e. The van der Waals surface area contributed by atoms with Gasteiger partial charge in [-0.25, -0.2) is 4.39 Å². The molecular formula is C13H14BrFN2O. The molecule has 2 aromatic rings. The second kappa shape index (κ2) is 5.54. The van der Waals surface area contributed by atoms with Gasteiger partial charge in [-0.05, 0) is 53.2 Å². The molecule has 1 aromatic carbocycles. The van der Waals surface area contributed by atoms with E-state index in [4.69, 9.17) is 10.2 Å². The number of benzene rings is 1. The largest absolute Gasteiger partial charge is 0.464 e. The molecule has 0 saturated heterocycles. The minimum atomic E-state index is -0.293. The number of anilines is 1. The minimum absolute atomic E-state index is 0.129. The third-order valence-electron chi connectivity index (χ3n) is 2.60. The fraction of sp³-hybridized carbons (Fsp3) is 0.231. The van der Waals surface area contributed by atoms with E-state index in [1.54, 1.807) is 12.1 Å². The molecule has 0 bridgehead atoms. The number of hydrogen-bond donors (Lipinski definition) is 2. The maximum atomic E-state index is 13.1. The first-order valence-electron chi connectivity index (χ1n) is 5.58. The quantitative estimate of drug-likeness (QED) is 0.907. The minimum Gasteiger partial charge on any atom is -0.464 e. The number of halogens is 2. The number of aryl methyl sites for hydroxylation is 1. The van der Waals surface area contributed by atoms with Crippen molar-refractivity contribution in [3.8, 4) is 0 Å². The average molecular weight is 313 g/mol. The molecule has 0 fully saturated rings. The summed E-state index contributed by atoms with van der Waals surface area (Å²) in [6.07, 6.45) is 0. The molecule has 0 aliphatic carbocycles. The van der Waals surface area contributed by atoms with Crippen LogP contribution in [0.1, 0.15) is 17.6 Å². The summed E-state index contributed by atoms with van der Waals surface area (Å²) in [5, 5.41) is 3.21. The Kier molecular flexibility index (Phi) is 4.04. The molecule has 0 spiro atoms. The second-order valence-electron chi connectivity index (χ2n) is 4.01. The number of furan rings is 1. The topological polar surface area (TPSA) is 51.2 Å². The lowest BCUT2D eigenvalue weighted by Crippen LogP contribution is -2.20. The van der Waals surface area contributed by atoms with Crippen molar-refractivity contribution in [3.63, 3.8) is 0 Å². The summed E-state index contributed by atoms with van der Waals surface area (Å²) in [6, 6.07) is 8.38. The Morgan fingerprint density at radius 1 is 1.39 bits per heavy atom. The summed E-state index contributed by atoms with van der Waals surface area (Å²) < 4.78 is 19.1. The molecule has 0 radical (unpaired) electrons. The van der Waals surface area contributed by atoms with E-state index >= 15 is 0 Å². The maximum absolute atomic E-state index is 13.1. The van der Waals surface area contributed by atoms with Crippen LogP contribution in [0.15, 0.2) is 39.2 Å². The number of nitrogens with one attached hydrogen (secondary N) is 1. The first-order valence-corrected chi connectivity index (χ1v) is 6.37. The molecule has 0 aliphatic heterocycles. The van der Waals surface area contributed by atoms with Gasteiger partial charge in [-0.3, -0.25) is 0 Å². The van der Waals surface area contributed by atoms with Crippen LogP contribution in [-0.2, 0) is 0 Å². The van der Waals surface area contributed by atoms with Crippen molar-refractivity contribution < 1.29 is 8.81 Å². The molecule has 3 nitrogen and oxygen atoms in total. The Morgan fingerprint density at radius 2 is 2.17 bits per heavy atom. The number of rotatable bonds is 4. The Balaban J connectivity index is 2.17. The Bertz CT molecular complexity index is 542. The van der Waals surface area contributed by atoms with Gasteiger partial charge in [-0.15, -0.1) is 0 Å². The molecule has 3 N–H and O–H groups in total. The summed E-state index contributed by atoms with van der Waals surface area (Å²) in [6.45, 7) is 2.27. The normalized spacial score (nSPS) is 12.4. The van der Waals surface area contributed by atoms with Crippen LogP contribution in [0.2, 0.25) is 0 Å². The first kappa shape index (κ1) is 13.1. The van der Waals surface area contributed by atoms with Crippen molar-refractivity contribution in [2.24, 2.45) is 5.73 Å². The lowest BCUT2D eigenvalue weighted by molar-refractivity contribution is 0.459. The standard InChI is InChI=1S/C13H14BrFN2O/c1-8-2-5-13(18-8)12(7-16)17-9-3-4-11(15)10(14)6-9/h2-6,12,17H,7,16H2,1H3. The summed E-state index contributed by atoms with van der Waals surface area (Å²) in [5.41, 5.74) is 6.51. The van der Waals surface area contributed by atoms with Gasteiger partial charge in [0.15, 0.2) is 0 Å². The van der Waals surface area contributed by atoms with Crippen LogP contribution in [0.5, 0.6) is 0 Å². The van der Waals surface area contributed by atoms with Crippen LogP contribution in [0.3, 0.4) is 0 Å². The van der Waals surface area contributed by atoms with Crippen molar-refractivity contribution in [2.75, 3.05) is 11.9 Å². The van der Waals surface area contributed by atoms with Gasteiger partial charge in [0.25, 0.3) is 0 Å². The fourth-order valence-electron chi connectivity index (χ4n) is 1.67. The van der Waals surface area contributed by atoms with Crippen molar-refractivity contribution in [1.82, 2.24) is 0 Å². The molecule has 5 heteroatoms. The van der Waals surface area contributed by atoms with E-state index in [2.05, 4.69) is 21.2 Å². The van der Waals surface area contributed by atoms with Crippen LogP contribution in [0.25, 0.3) is 0 Å². The monoisotopic (exact) mass is 312 g/mol. The molecule has 0 aliphatic rings. The zero-order valence-corrected chi connectivity index (χ0v) is 11.5. The number of hydrogen-bond acceptors (Lipinski definition) is 3. The van der Waals surface area contributed by atoms with Crippen LogP contribution in [0.4, 0.5) is 10.1 Å². The summed E-state index contributed by atoms with van der Waals surface area (Å²) in [5.74, 6) is 1.32. The van der Waals surface area contributed by atoms with Gasteiger partial charge in [0.2, 0.25) is 0 Å². The van der Waals surface area contributed by atoms with Crippen LogP contribution < -0.4 is 11.1 Å². The van der Waals surface area contributed by atoms with Crippen molar-refractivity contribution >= 4 is 21.6 Å². The molecule has 1 atom stereocenters. The van der Waals surface area contributed by atoms with Gasteiger partial charge in [0.1, 0.15) is 17.3 Å². The zero-order valence-electron chi connectivity index (χ0n) is 9.91. The summed E-state index contributed by atoms with van der Waals surface area (Å²) in [4.78, 5) is 0. The molecule has 18 heavy (non-hydrogen) atoms. The van der Waals surface area contributed by atoms with E-state index < -0.39 is 0 Å². The average Bonchev–Trinajstić information content (AvgIpc) is 2.77. The van der Waals surface area contributed by atoms with Gasteiger partial charge in [-0.1, -0.05) is 0 Å². The van der Waals surface area contributed by atoms with Gasteiger partial charge in [0.05, 0.1) is 10.5 Å². The summed E-state index contributed by atoms with van der Waals surface area (Å²) >= 11 is 3.15. The smallest absolute Gasteiger partial charge is 0.137 e. The van der Waals surface area contributed by atoms with E-state index in [0.29, 0.717) is 11.0 Å². The molecule has 1 aromatic heterocycles. The Hall–Kier alpha value is -1.33. The fourth-order valence-corrected chi connectivity index (χ4v) is 2.05. The highest BCUT2D eigenvalue weighted by Crippen LogP contribution is 2.24. The van der Waals surface area contributed by atoms with E-state index in [1.165, 1.54) is 6.07 Å². The van der Waals surface area contributed by atoms with Crippen molar-refractivity contribution in [2.45, 2.75) is 13.0 Å². The van der Waals surface area contributed by atoms with E-state index in [1.807, 2.05) is 19.1 Å². The predicted octanol–water partition coefficient (Wildman–Crippen LogP) is 3.60. The van der Waals surface area contributed by atoms with Crippen LogP contribution >= 0.6 is 15.9 Å². The predicted molar refractivity (Wildman–Crippen MR) is 73.0 cm³/mol. The van der Waals surface area contributed by atoms with E-state index in [0.717, 1.165) is 17.2 Å². The molecule has 2 rings (SSSR count). The lowest BCUT2D eigenvalue weighted by Gasteiger charge is -2.16. The van der Waals surface area contributed by atoms with Gasteiger partial charge >= 0.3 is 0 Å². The first-order chi connectivity index (χ1) is 8.60. The highest BCUT2D eigenvalue weighted by atomic mass is 79.9. The molecule has 1 unspecified atom stereocenters. The van der Waals surface area contributed by atoms with Crippen LogP contribution in [0, 0.1) is 12.7 Å². The molecule has 1 heterocycles. The molecule has 96 valence electrons. The van der Waals surface area contributed by atoms with Crippen molar-refractivity contribution in [1.29, 1.82) is 0 Å². The van der Waals surface area contributed by atoms with E-state index in [-0.39, 0.29) is 11.9 Å². The molecular weight excluding hydrogens is 299 g/mol. The second-order valence-corrected chi connectivity index (χ2v) is 4.86. The molecule has 0 saturated carbocycles. The third kappa shape index (κ3) is 2.91. The van der Waals surface area contributed by atoms with Gasteiger partial charge in [0, 0.05) is 12.2 Å². The highest BCUT2D eigenvalue weighted by molar-refractivity contribution is 9.10. The summed E-state index contributed by atoms with van der Waals surface area (Å²) in [7, 11) is 0. The SMILES string of the molecule is Cc1ccc(C(CN)Nc2ccc(F)c(Br)c2)o1. The van der Waals surface area contributed by atoms with E-state index in [9.17, 15) is 4.39 Å². The molecule has 0 amide bonds. The van der Waals surface area contributed by atoms with Gasteiger partial charge in [-0.2, -0.15) is 0 Å².